The van der Waals surface area contributed by atoms with Gasteiger partial charge in [0.15, 0.2) is 0 Å². The van der Waals surface area contributed by atoms with E-state index in [4.69, 9.17) is 4.74 Å². The van der Waals surface area contributed by atoms with E-state index >= 15 is 0 Å². The molecule has 0 aromatic carbocycles. The molecule has 1 saturated carbocycles. The minimum absolute atomic E-state index is 0.665. The fourth-order valence-electron chi connectivity index (χ4n) is 3.17. The zero-order chi connectivity index (χ0) is 13.4. The standard InChI is InChI=1S/C14H23NO.C2H6/c1-3-4-13-11-14(12-13)5-7-15(8-6-14)9-10-16-2;1-2/h13H,5-12H2,1-2H3;1-2H3. The number of piperidine rings is 1. The lowest BCUT2D eigenvalue weighted by Gasteiger charge is -2.51. The maximum absolute atomic E-state index is 5.13. The molecule has 18 heavy (non-hydrogen) atoms. The van der Waals surface area contributed by atoms with Crippen LogP contribution in [-0.4, -0.2) is 38.3 Å². The Hall–Kier alpha value is -0.520. The van der Waals surface area contributed by atoms with Crippen molar-refractivity contribution in [1.82, 2.24) is 4.90 Å². The Bertz CT molecular complexity index is 273. The van der Waals surface area contributed by atoms with E-state index in [1.807, 2.05) is 20.8 Å². The normalized spacial score (nSPS) is 22.4. The van der Waals surface area contributed by atoms with Crippen molar-refractivity contribution >= 4 is 0 Å². The summed E-state index contributed by atoms with van der Waals surface area (Å²) in [7, 11) is 1.78. The summed E-state index contributed by atoms with van der Waals surface area (Å²) in [6.07, 6.45) is 5.45. The zero-order valence-corrected chi connectivity index (χ0v) is 12.6. The lowest BCUT2D eigenvalue weighted by atomic mass is 9.58. The number of hydrogen-bond acceptors (Lipinski definition) is 2. The van der Waals surface area contributed by atoms with Crippen molar-refractivity contribution in [2.24, 2.45) is 11.3 Å². The van der Waals surface area contributed by atoms with Crippen LogP contribution in [-0.2, 0) is 4.74 Å². The smallest absolute Gasteiger partial charge is 0.0589 e. The molecule has 0 amide bonds. The molecule has 0 radical (unpaired) electrons. The van der Waals surface area contributed by atoms with Gasteiger partial charge in [0.05, 0.1) is 6.61 Å². The summed E-state index contributed by atoms with van der Waals surface area (Å²) < 4.78 is 5.13. The highest BCUT2D eigenvalue weighted by Gasteiger charge is 2.44. The Kier molecular flexibility index (Phi) is 6.75. The monoisotopic (exact) mass is 251 g/mol. The summed E-state index contributed by atoms with van der Waals surface area (Å²) >= 11 is 0. The van der Waals surface area contributed by atoms with Gasteiger partial charge in [-0.2, -0.15) is 0 Å². The molecule has 2 heteroatoms. The molecule has 2 nitrogen and oxygen atoms in total. The first-order valence-electron chi connectivity index (χ1n) is 7.41. The predicted octanol–water partition coefficient (Wildman–Crippen LogP) is 3.17. The van der Waals surface area contributed by atoms with Gasteiger partial charge in [0.25, 0.3) is 0 Å². The lowest BCUT2D eigenvalue weighted by molar-refractivity contribution is 0.00152. The fraction of sp³-hybridized carbons (Fsp3) is 0.875. The molecule has 1 spiro atoms. The van der Waals surface area contributed by atoms with Crippen molar-refractivity contribution in [1.29, 1.82) is 0 Å². The number of rotatable bonds is 3. The highest BCUT2D eigenvalue weighted by molar-refractivity contribution is 5.11. The molecule has 0 aromatic heterocycles. The molecule has 2 fully saturated rings. The van der Waals surface area contributed by atoms with E-state index in [0.717, 1.165) is 13.2 Å². The van der Waals surface area contributed by atoms with Crippen LogP contribution in [0.5, 0.6) is 0 Å². The number of likely N-dealkylation sites (tertiary alicyclic amines) is 1. The molecule has 0 atom stereocenters. The van der Waals surface area contributed by atoms with Crippen LogP contribution in [0.15, 0.2) is 0 Å². The van der Waals surface area contributed by atoms with Crippen LogP contribution in [0.25, 0.3) is 0 Å². The Labute approximate surface area is 113 Å². The number of methoxy groups -OCH3 is 1. The maximum Gasteiger partial charge on any atom is 0.0589 e. The van der Waals surface area contributed by atoms with Crippen LogP contribution in [0.1, 0.15) is 46.5 Å². The SMILES string of the molecule is CC.CC#CC1CC2(CCN(CCOC)CC2)C1. The van der Waals surface area contributed by atoms with Crippen LogP contribution >= 0.6 is 0 Å². The molecule has 0 bridgehead atoms. The maximum atomic E-state index is 5.13. The van der Waals surface area contributed by atoms with Crippen LogP contribution in [0.4, 0.5) is 0 Å². The van der Waals surface area contributed by atoms with Crippen LogP contribution < -0.4 is 0 Å². The van der Waals surface area contributed by atoms with E-state index in [1.54, 1.807) is 7.11 Å². The largest absolute Gasteiger partial charge is 0.383 e. The van der Waals surface area contributed by atoms with Gasteiger partial charge in [0.1, 0.15) is 0 Å². The molecule has 104 valence electrons. The van der Waals surface area contributed by atoms with Gasteiger partial charge in [0.2, 0.25) is 0 Å². The quantitative estimate of drug-likeness (QED) is 0.714. The summed E-state index contributed by atoms with van der Waals surface area (Å²) in [6.45, 7) is 10.4. The topological polar surface area (TPSA) is 12.5 Å². The Morgan fingerprint density at radius 2 is 1.83 bits per heavy atom. The number of hydrogen-bond donors (Lipinski definition) is 0. The third kappa shape index (κ3) is 4.00. The van der Waals surface area contributed by atoms with Crippen molar-refractivity contribution in [3.05, 3.63) is 0 Å². The summed E-state index contributed by atoms with van der Waals surface area (Å²) in [6, 6.07) is 0. The van der Waals surface area contributed by atoms with E-state index in [1.165, 1.54) is 38.8 Å². The van der Waals surface area contributed by atoms with Gasteiger partial charge >= 0.3 is 0 Å². The average molecular weight is 251 g/mol. The van der Waals surface area contributed by atoms with Crippen molar-refractivity contribution < 1.29 is 4.74 Å². The summed E-state index contributed by atoms with van der Waals surface area (Å²) in [5, 5.41) is 0. The number of ether oxygens (including phenoxy) is 1. The molecule has 1 heterocycles. The Morgan fingerprint density at radius 3 is 2.33 bits per heavy atom. The molecule has 2 rings (SSSR count). The average Bonchev–Trinajstić information content (AvgIpc) is 2.39. The highest BCUT2D eigenvalue weighted by atomic mass is 16.5. The zero-order valence-electron chi connectivity index (χ0n) is 12.6. The van der Waals surface area contributed by atoms with E-state index in [0.29, 0.717) is 11.3 Å². The Morgan fingerprint density at radius 1 is 1.22 bits per heavy atom. The second-order valence-electron chi connectivity index (χ2n) is 5.33. The van der Waals surface area contributed by atoms with Gasteiger partial charge in [-0.3, -0.25) is 0 Å². The van der Waals surface area contributed by atoms with Gasteiger partial charge < -0.3 is 9.64 Å². The third-order valence-electron chi connectivity index (χ3n) is 4.24. The van der Waals surface area contributed by atoms with Crippen LogP contribution in [0.3, 0.4) is 0 Å². The van der Waals surface area contributed by atoms with Gasteiger partial charge in [-0.05, 0) is 51.1 Å². The first-order valence-corrected chi connectivity index (χ1v) is 7.41. The van der Waals surface area contributed by atoms with E-state index in [2.05, 4.69) is 16.7 Å². The first kappa shape index (κ1) is 15.5. The van der Waals surface area contributed by atoms with Crippen molar-refractivity contribution in [3.63, 3.8) is 0 Å². The minimum atomic E-state index is 0.665. The lowest BCUT2D eigenvalue weighted by Crippen LogP contribution is -2.47. The van der Waals surface area contributed by atoms with Crippen molar-refractivity contribution in [2.75, 3.05) is 33.4 Å². The molecule has 0 unspecified atom stereocenters. The second kappa shape index (κ2) is 7.81. The number of nitrogens with zero attached hydrogens (tertiary/aromatic N) is 1. The van der Waals surface area contributed by atoms with Crippen LogP contribution in [0, 0.1) is 23.2 Å². The van der Waals surface area contributed by atoms with E-state index in [9.17, 15) is 0 Å². The van der Waals surface area contributed by atoms with Crippen molar-refractivity contribution in [2.45, 2.75) is 46.5 Å². The molecule has 1 aliphatic carbocycles. The highest BCUT2D eigenvalue weighted by Crippen LogP contribution is 2.52. The minimum Gasteiger partial charge on any atom is -0.383 e. The van der Waals surface area contributed by atoms with Gasteiger partial charge in [-0.15, -0.1) is 11.8 Å². The third-order valence-corrected chi connectivity index (χ3v) is 4.24. The summed E-state index contributed by atoms with van der Waals surface area (Å²) in [4.78, 5) is 2.54. The molecule has 1 aliphatic heterocycles. The van der Waals surface area contributed by atoms with E-state index in [-0.39, 0.29) is 0 Å². The molecule has 2 aliphatic rings. The Balaban J connectivity index is 0.000000771. The van der Waals surface area contributed by atoms with Crippen LogP contribution in [0.2, 0.25) is 0 Å². The van der Waals surface area contributed by atoms with Gasteiger partial charge in [0, 0.05) is 19.6 Å². The second-order valence-corrected chi connectivity index (χ2v) is 5.33. The predicted molar refractivity (Wildman–Crippen MR) is 77.5 cm³/mol. The molecular formula is C16H29NO. The molecular weight excluding hydrogens is 222 g/mol. The van der Waals surface area contributed by atoms with Gasteiger partial charge in [-0.25, -0.2) is 0 Å². The van der Waals surface area contributed by atoms with E-state index < -0.39 is 0 Å². The fourth-order valence-corrected chi connectivity index (χ4v) is 3.17. The molecule has 0 N–H and O–H groups in total. The van der Waals surface area contributed by atoms with Crippen molar-refractivity contribution in [3.8, 4) is 11.8 Å². The molecule has 1 saturated heterocycles. The summed E-state index contributed by atoms with van der Waals surface area (Å²) in [5.74, 6) is 7.07. The van der Waals surface area contributed by atoms with Gasteiger partial charge in [-0.1, -0.05) is 13.8 Å². The summed E-state index contributed by atoms with van der Waals surface area (Å²) in [5.41, 5.74) is 0.665. The first-order chi connectivity index (χ1) is 8.78. The molecule has 0 aromatic rings.